The SMILES string of the molecule is CCCCc1cc(Cl)ccc1NC(=S)NC(=O)c1ccc(Cl)cc1. The fraction of sp³-hybridized carbons (Fsp3) is 0.222. The number of rotatable bonds is 5. The zero-order valence-corrected chi connectivity index (χ0v) is 15.6. The number of nitrogens with one attached hydrogen (secondary N) is 2. The minimum absolute atomic E-state index is 0.245. The van der Waals surface area contributed by atoms with Crippen LogP contribution in [-0.2, 0) is 6.42 Å². The van der Waals surface area contributed by atoms with Crippen molar-refractivity contribution in [1.29, 1.82) is 0 Å². The van der Waals surface area contributed by atoms with Crippen LogP contribution in [0.15, 0.2) is 42.5 Å². The van der Waals surface area contributed by atoms with Gasteiger partial charge in [-0.25, -0.2) is 0 Å². The van der Waals surface area contributed by atoms with E-state index in [1.54, 1.807) is 30.3 Å². The largest absolute Gasteiger partial charge is 0.332 e. The summed E-state index contributed by atoms with van der Waals surface area (Å²) in [5.41, 5.74) is 2.42. The van der Waals surface area contributed by atoms with Gasteiger partial charge in [0.1, 0.15) is 0 Å². The minimum atomic E-state index is -0.284. The first-order chi connectivity index (χ1) is 11.5. The Bertz CT molecular complexity index is 732. The Morgan fingerprint density at radius 3 is 2.42 bits per heavy atom. The molecule has 6 heteroatoms. The van der Waals surface area contributed by atoms with Gasteiger partial charge in [0.2, 0.25) is 0 Å². The highest BCUT2D eigenvalue weighted by molar-refractivity contribution is 7.80. The second-order valence-corrected chi connectivity index (χ2v) is 6.60. The Hall–Kier alpha value is -1.62. The van der Waals surface area contributed by atoms with E-state index in [0.29, 0.717) is 15.6 Å². The van der Waals surface area contributed by atoms with Crippen LogP contribution in [0.1, 0.15) is 35.7 Å². The number of carbonyl (C=O) groups excluding carboxylic acids is 1. The molecule has 24 heavy (non-hydrogen) atoms. The molecule has 2 rings (SSSR count). The van der Waals surface area contributed by atoms with Gasteiger partial charge in [0.25, 0.3) is 5.91 Å². The van der Waals surface area contributed by atoms with Gasteiger partial charge >= 0.3 is 0 Å². The number of anilines is 1. The van der Waals surface area contributed by atoms with E-state index < -0.39 is 0 Å². The minimum Gasteiger partial charge on any atom is -0.332 e. The van der Waals surface area contributed by atoms with Gasteiger partial charge in [-0.2, -0.15) is 0 Å². The molecule has 2 N–H and O–H groups in total. The molecule has 0 saturated carbocycles. The topological polar surface area (TPSA) is 41.1 Å². The van der Waals surface area contributed by atoms with E-state index in [2.05, 4.69) is 17.6 Å². The van der Waals surface area contributed by atoms with E-state index in [9.17, 15) is 4.79 Å². The molecule has 2 aromatic rings. The van der Waals surface area contributed by atoms with Crippen molar-refractivity contribution in [3.05, 3.63) is 63.6 Å². The van der Waals surface area contributed by atoms with Crippen molar-refractivity contribution in [2.75, 3.05) is 5.32 Å². The Kier molecular flexibility index (Phi) is 7.03. The fourth-order valence-corrected chi connectivity index (χ4v) is 2.71. The molecule has 1 amide bonds. The first-order valence-electron chi connectivity index (χ1n) is 7.66. The number of hydrogen-bond acceptors (Lipinski definition) is 2. The van der Waals surface area contributed by atoms with Crippen molar-refractivity contribution in [2.24, 2.45) is 0 Å². The highest BCUT2D eigenvalue weighted by Gasteiger charge is 2.10. The zero-order chi connectivity index (χ0) is 17.5. The van der Waals surface area contributed by atoms with Crippen molar-refractivity contribution in [1.82, 2.24) is 5.32 Å². The van der Waals surface area contributed by atoms with Crippen molar-refractivity contribution in [3.8, 4) is 0 Å². The second kappa shape index (κ2) is 9.02. The third-order valence-corrected chi connectivity index (χ3v) is 4.14. The molecular weight excluding hydrogens is 363 g/mol. The maximum absolute atomic E-state index is 12.2. The number of unbranched alkanes of at least 4 members (excludes halogenated alkanes) is 1. The third-order valence-electron chi connectivity index (χ3n) is 3.45. The highest BCUT2D eigenvalue weighted by atomic mass is 35.5. The lowest BCUT2D eigenvalue weighted by atomic mass is 10.1. The van der Waals surface area contributed by atoms with Gasteiger partial charge in [0.05, 0.1) is 0 Å². The van der Waals surface area contributed by atoms with Crippen LogP contribution in [0, 0.1) is 0 Å². The summed E-state index contributed by atoms with van der Waals surface area (Å²) in [4.78, 5) is 12.2. The number of thiocarbonyl (C=S) groups is 1. The predicted molar refractivity (Wildman–Crippen MR) is 105 cm³/mol. The van der Waals surface area contributed by atoms with Crippen LogP contribution in [0.4, 0.5) is 5.69 Å². The van der Waals surface area contributed by atoms with Crippen LogP contribution in [0.3, 0.4) is 0 Å². The van der Waals surface area contributed by atoms with Gasteiger partial charge in [-0.3, -0.25) is 10.1 Å². The second-order valence-electron chi connectivity index (χ2n) is 5.32. The summed E-state index contributed by atoms with van der Waals surface area (Å²) < 4.78 is 0. The maximum Gasteiger partial charge on any atom is 0.257 e. The van der Waals surface area contributed by atoms with E-state index in [0.717, 1.165) is 30.5 Å². The molecule has 0 aromatic heterocycles. The summed E-state index contributed by atoms with van der Waals surface area (Å²) in [7, 11) is 0. The van der Waals surface area contributed by atoms with Crippen LogP contribution >= 0.6 is 35.4 Å². The lowest BCUT2D eigenvalue weighted by Crippen LogP contribution is -2.34. The highest BCUT2D eigenvalue weighted by Crippen LogP contribution is 2.22. The van der Waals surface area contributed by atoms with Crippen LogP contribution in [0.5, 0.6) is 0 Å². The lowest BCUT2D eigenvalue weighted by Gasteiger charge is -2.14. The summed E-state index contributed by atoms with van der Waals surface area (Å²) in [6, 6.07) is 12.2. The van der Waals surface area contributed by atoms with E-state index in [-0.39, 0.29) is 11.0 Å². The number of halogens is 2. The third kappa shape index (κ3) is 5.48. The number of hydrogen-bond donors (Lipinski definition) is 2. The molecule has 0 saturated heterocycles. The van der Waals surface area contributed by atoms with Crippen molar-refractivity contribution in [2.45, 2.75) is 26.2 Å². The van der Waals surface area contributed by atoms with Crippen molar-refractivity contribution in [3.63, 3.8) is 0 Å². The summed E-state index contributed by atoms with van der Waals surface area (Å²) in [6.45, 7) is 2.13. The molecule has 0 heterocycles. The average molecular weight is 381 g/mol. The number of amides is 1. The Morgan fingerprint density at radius 1 is 1.08 bits per heavy atom. The predicted octanol–water partition coefficient (Wildman–Crippen LogP) is 5.46. The van der Waals surface area contributed by atoms with Gasteiger partial charge in [-0.15, -0.1) is 0 Å². The molecule has 0 bridgehead atoms. The van der Waals surface area contributed by atoms with Crippen molar-refractivity contribution < 1.29 is 4.79 Å². The molecule has 0 radical (unpaired) electrons. The molecule has 3 nitrogen and oxygen atoms in total. The van der Waals surface area contributed by atoms with Crippen LogP contribution in [0.2, 0.25) is 10.0 Å². The maximum atomic E-state index is 12.2. The van der Waals surface area contributed by atoms with E-state index in [1.165, 1.54) is 0 Å². The molecule has 0 spiro atoms. The summed E-state index contributed by atoms with van der Waals surface area (Å²) in [5.74, 6) is -0.284. The van der Waals surface area contributed by atoms with Crippen LogP contribution in [0.25, 0.3) is 0 Å². The first kappa shape index (κ1) is 18.7. The molecule has 2 aromatic carbocycles. The summed E-state index contributed by atoms with van der Waals surface area (Å²) in [5, 5.41) is 7.25. The molecule has 126 valence electrons. The monoisotopic (exact) mass is 380 g/mol. The summed E-state index contributed by atoms with van der Waals surface area (Å²) >= 11 is 17.1. The Morgan fingerprint density at radius 2 is 1.75 bits per heavy atom. The van der Waals surface area contributed by atoms with Crippen molar-refractivity contribution >= 4 is 52.1 Å². The smallest absolute Gasteiger partial charge is 0.257 e. The van der Waals surface area contributed by atoms with E-state index in [1.807, 2.05) is 12.1 Å². The molecule has 0 aliphatic rings. The Balaban J connectivity index is 2.04. The van der Waals surface area contributed by atoms with Gasteiger partial charge in [-0.1, -0.05) is 36.5 Å². The zero-order valence-electron chi connectivity index (χ0n) is 13.2. The molecule has 0 aliphatic heterocycles. The molecular formula is C18H18Cl2N2OS. The van der Waals surface area contributed by atoms with E-state index >= 15 is 0 Å². The molecule has 0 fully saturated rings. The number of carbonyl (C=O) groups is 1. The number of benzene rings is 2. The van der Waals surface area contributed by atoms with Gasteiger partial charge in [0.15, 0.2) is 5.11 Å². The molecule has 0 unspecified atom stereocenters. The average Bonchev–Trinajstić information content (AvgIpc) is 2.55. The lowest BCUT2D eigenvalue weighted by molar-refractivity contribution is 0.0978. The molecule has 0 atom stereocenters. The summed E-state index contributed by atoms with van der Waals surface area (Å²) in [6.07, 6.45) is 3.04. The fourth-order valence-electron chi connectivity index (χ4n) is 2.19. The van der Waals surface area contributed by atoms with Crippen LogP contribution < -0.4 is 10.6 Å². The van der Waals surface area contributed by atoms with Crippen LogP contribution in [-0.4, -0.2) is 11.0 Å². The van der Waals surface area contributed by atoms with Gasteiger partial charge in [-0.05, 0) is 73.1 Å². The number of aryl methyl sites for hydroxylation is 1. The molecule has 0 aliphatic carbocycles. The first-order valence-corrected chi connectivity index (χ1v) is 8.82. The van der Waals surface area contributed by atoms with Gasteiger partial charge in [0, 0.05) is 21.3 Å². The standard InChI is InChI=1S/C18H18Cl2N2OS/c1-2-3-4-13-11-15(20)9-10-16(13)21-18(24)22-17(23)12-5-7-14(19)8-6-12/h5-11H,2-4H2,1H3,(H2,21,22,23,24). The Labute approximate surface area is 157 Å². The normalized spacial score (nSPS) is 10.3. The van der Waals surface area contributed by atoms with Gasteiger partial charge < -0.3 is 5.32 Å². The quantitative estimate of drug-likeness (QED) is 0.676. The van der Waals surface area contributed by atoms with E-state index in [4.69, 9.17) is 35.4 Å².